The fourth-order valence-electron chi connectivity index (χ4n) is 1.84. The van der Waals surface area contributed by atoms with Crippen LogP contribution in [0.25, 0.3) is 11.0 Å². The molecule has 0 aromatic carbocycles. The molecule has 2 heterocycles. The van der Waals surface area contributed by atoms with Gasteiger partial charge in [-0.25, -0.2) is 9.97 Å². The summed E-state index contributed by atoms with van der Waals surface area (Å²) in [6.07, 6.45) is 2.76. The summed E-state index contributed by atoms with van der Waals surface area (Å²) in [6, 6.07) is 0. The molecule has 0 aliphatic heterocycles. The molecule has 0 aliphatic rings. The quantitative estimate of drug-likeness (QED) is 0.614. The van der Waals surface area contributed by atoms with Crippen molar-refractivity contribution in [1.82, 2.24) is 25.2 Å². The van der Waals surface area contributed by atoms with Crippen LogP contribution in [0.5, 0.6) is 0 Å². The number of aliphatic hydroxyl groups is 1. The SMILES string of the molecule is CCN(CC(C)O)/N=C(\C)c1[nH]nc2ncncc12. The summed E-state index contributed by atoms with van der Waals surface area (Å²) in [6.45, 7) is 6.85. The van der Waals surface area contributed by atoms with Gasteiger partial charge in [-0.3, -0.25) is 10.1 Å². The standard InChI is InChI=1S/C12H18N6O/c1-4-18(6-8(2)19)17-9(3)11-10-5-13-7-14-12(10)16-15-11/h5,7-8,19H,4,6H2,1-3H3,(H,13,14,15,16)/b17-9+. The lowest BCUT2D eigenvalue weighted by atomic mass is 10.2. The first kappa shape index (κ1) is 13.4. The lowest BCUT2D eigenvalue weighted by Gasteiger charge is -2.19. The average molecular weight is 262 g/mol. The smallest absolute Gasteiger partial charge is 0.184 e. The lowest BCUT2D eigenvalue weighted by Crippen LogP contribution is -2.27. The third-order valence-corrected chi connectivity index (χ3v) is 2.73. The van der Waals surface area contributed by atoms with Gasteiger partial charge in [-0.1, -0.05) is 0 Å². The predicted molar refractivity (Wildman–Crippen MR) is 72.8 cm³/mol. The zero-order valence-corrected chi connectivity index (χ0v) is 11.3. The largest absolute Gasteiger partial charge is 0.392 e. The second-order valence-corrected chi connectivity index (χ2v) is 4.40. The van der Waals surface area contributed by atoms with Crippen LogP contribution in [0, 0.1) is 0 Å². The second-order valence-electron chi connectivity index (χ2n) is 4.40. The van der Waals surface area contributed by atoms with Gasteiger partial charge in [0.1, 0.15) is 6.33 Å². The van der Waals surface area contributed by atoms with Crippen LogP contribution in [0.2, 0.25) is 0 Å². The molecule has 19 heavy (non-hydrogen) atoms. The first-order valence-electron chi connectivity index (χ1n) is 6.24. The molecule has 0 spiro atoms. The van der Waals surface area contributed by atoms with E-state index in [1.165, 1.54) is 6.33 Å². The number of nitrogens with one attached hydrogen (secondary N) is 1. The summed E-state index contributed by atoms with van der Waals surface area (Å²) in [5, 5.41) is 23.6. The van der Waals surface area contributed by atoms with Gasteiger partial charge in [0.15, 0.2) is 5.65 Å². The molecule has 0 saturated heterocycles. The Morgan fingerprint density at radius 2 is 2.37 bits per heavy atom. The van der Waals surface area contributed by atoms with E-state index in [9.17, 15) is 5.11 Å². The van der Waals surface area contributed by atoms with Crippen molar-refractivity contribution >= 4 is 16.7 Å². The first-order chi connectivity index (χ1) is 9.11. The molecule has 0 radical (unpaired) electrons. The van der Waals surface area contributed by atoms with Crippen molar-refractivity contribution in [3.63, 3.8) is 0 Å². The maximum absolute atomic E-state index is 9.42. The van der Waals surface area contributed by atoms with Crippen molar-refractivity contribution in [2.24, 2.45) is 5.10 Å². The molecule has 0 bridgehead atoms. The topological polar surface area (TPSA) is 90.3 Å². The highest BCUT2D eigenvalue weighted by Gasteiger charge is 2.11. The number of H-pyrrole nitrogens is 1. The fourth-order valence-corrected chi connectivity index (χ4v) is 1.84. The molecule has 0 amide bonds. The minimum absolute atomic E-state index is 0.418. The van der Waals surface area contributed by atoms with Gasteiger partial charge in [-0.05, 0) is 20.8 Å². The number of nitrogens with zero attached hydrogens (tertiary/aromatic N) is 5. The summed E-state index contributed by atoms with van der Waals surface area (Å²) in [5.74, 6) is 0. The molecule has 1 atom stereocenters. The number of aromatic amines is 1. The summed E-state index contributed by atoms with van der Waals surface area (Å²) in [4.78, 5) is 8.07. The maximum Gasteiger partial charge on any atom is 0.184 e. The highest BCUT2D eigenvalue weighted by Crippen LogP contribution is 2.13. The molecule has 2 N–H and O–H groups in total. The molecular weight excluding hydrogens is 244 g/mol. The van der Waals surface area contributed by atoms with E-state index in [1.807, 2.05) is 18.9 Å². The molecule has 2 aromatic rings. The van der Waals surface area contributed by atoms with Crippen molar-refractivity contribution in [1.29, 1.82) is 0 Å². The molecule has 1 unspecified atom stereocenters. The fraction of sp³-hybridized carbons (Fsp3) is 0.500. The molecule has 7 nitrogen and oxygen atoms in total. The van der Waals surface area contributed by atoms with Gasteiger partial charge in [-0.15, -0.1) is 0 Å². The van der Waals surface area contributed by atoms with Crippen molar-refractivity contribution in [3.05, 3.63) is 18.2 Å². The van der Waals surface area contributed by atoms with E-state index in [4.69, 9.17) is 0 Å². The number of aliphatic hydroxyl groups excluding tert-OH is 1. The third-order valence-electron chi connectivity index (χ3n) is 2.73. The van der Waals surface area contributed by atoms with Crippen LogP contribution in [-0.2, 0) is 0 Å². The first-order valence-corrected chi connectivity index (χ1v) is 6.24. The molecule has 2 aromatic heterocycles. The van der Waals surface area contributed by atoms with E-state index < -0.39 is 6.10 Å². The number of hydrazone groups is 1. The Morgan fingerprint density at radius 3 is 3.05 bits per heavy atom. The highest BCUT2D eigenvalue weighted by molar-refractivity contribution is 6.06. The van der Waals surface area contributed by atoms with Gasteiger partial charge in [0.05, 0.1) is 29.4 Å². The van der Waals surface area contributed by atoms with Gasteiger partial charge in [0.2, 0.25) is 0 Å². The van der Waals surface area contributed by atoms with Crippen LogP contribution < -0.4 is 0 Å². The van der Waals surface area contributed by atoms with Gasteiger partial charge in [0, 0.05) is 12.7 Å². The molecule has 102 valence electrons. The van der Waals surface area contributed by atoms with E-state index in [-0.39, 0.29) is 0 Å². The number of likely N-dealkylation sites (N-methyl/N-ethyl adjacent to an activating group) is 1. The van der Waals surface area contributed by atoms with Gasteiger partial charge >= 0.3 is 0 Å². The van der Waals surface area contributed by atoms with Crippen molar-refractivity contribution in [2.75, 3.05) is 13.1 Å². The zero-order valence-electron chi connectivity index (χ0n) is 11.3. The number of aromatic nitrogens is 4. The molecule has 0 aliphatic carbocycles. The van der Waals surface area contributed by atoms with Crippen LogP contribution in [0.1, 0.15) is 26.5 Å². The third kappa shape index (κ3) is 3.05. The Morgan fingerprint density at radius 1 is 1.58 bits per heavy atom. The molecule has 0 saturated carbocycles. The van der Waals surface area contributed by atoms with Crippen molar-refractivity contribution in [2.45, 2.75) is 26.9 Å². The molecule has 7 heteroatoms. The number of fused-ring (bicyclic) bond motifs is 1. The second kappa shape index (κ2) is 5.75. The van der Waals surface area contributed by atoms with E-state index in [1.54, 1.807) is 13.1 Å². The van der Waals surface area contributed by atoms with Crippen LogP contribution in [0.3, 0.4) is 0 Å². The van der Waals surface area contributed by atoms with E-state index in [0.717, 1.165) is 23.3 Å². The summed E-state index contributed by atoms with van der Waals surface area (Å²) in [5.41, 5.74) is 2.22. The normalized spacial score (nSPS) is 13.8. The minimum Gasteiger partial charge on any atom is -0.392 e. The van der Waals surface area contributed by atoms with Crippen LogP contribution in [-0.4, -0.2) is 55.2 Å². The number of hydrogen-bond donors (Lipinski definition) is 2. The van der Waals surface area contributed by atoms with E-state index in [2.05, 4.69) is 25.3 Å². The van der Waals surface area contributed by atoms with E-state index in [0.29, 0.717) is 12.2 Å². The Kier molecular flexibility index (Phi) is 4.06. The van der Waals surface area contributed by atoms with Crippen LogP contribution >= 0.6 is 0 Å². The highest BCUT2D eigenvalue weighted by atomic mass is 16.3. The molecule has 2 rings (SSSR count). The predicted octanol–water partition coefficient (Wildman–Crippen LogP) is 0.780. The monoisotopic (exact) mass is 262 g/mol. The van der Waals surface area contributed by atoms with Crippen molar-refractivity contribution < 1.29 is 5.11 Å². The van der Waals surface area contributed by atoms with Gasteiger partial charge in [-0.2, -0.15) is 10.2 Å². The number of rotatable bonds is 5. The Hall–Kier alpha value is -2.02. The Labute approximate surface area is 111 Å². The Balaban J connectivity index is 2.29. The average Bonchev–Trinajstić information content (AvgIpc) is 2.81. The van der Waals surface area contributed by atoms with Crippen LogP contribution in [0.4, 0.5) is 0 Å². The molecular formula is C12H18N6O. The summed E-state index contributed by atoms with van der Waals surface area (Å²) < 4.78 is 0. The van der Waals surface area contributed by atoms with E-state index >= 15 is 0 Å². The van der Waals surface area contributed by atoms with Gasteiger partial charge in [0.25, 0.3) is 0 Å². The summed E-state index contributed by atoms with van der Waals surface area (Å²) in [7, 11) is 0. The summed E-state index contributed by atoms with van der Waals surface area (Å²) >= 11 is 0. The van der Waals surface area contributed by atoms with Crippen LogP contribution in [0.15, 0.2) is 17.6 Å². The maximum atomic E-state index is 9.42. The number of hydrogen-bond acceptors (Lipinski definition) is 6. The van der Waals surface area contributed by atoms with Gasteiger partial charge < -0.3 is 5.11 Å². The molecule has 0 fully saturated rings. The Bertz CT molecular complexity index is 576. The zero-order chi connectivity index (χ0) is 13.8. The lowest BCUT2D eigenvalue weighted by molar-refractivity contribution is 0.132. The van der Waals surface area contributed by atoms with Crippen molar-refractivity contribution in [3.8, 4) is 0 Å². The minimum atomic E-state index is -0.418.